The van der Waals surface area contributed by atoms with Gasteiger partial charge in [0.1, 0.15) is 0 Å². The summed E-state index contributed by atoms with van der Waals surface area (Å²) in [5, 5.41) is 14.3. The fourth-order valence-electron chi connectivity index (χ4n) is 7.12. The molecule has 1 saturated heterocycles. The molecule has 1 amide bonds. The normalized spacial score (nSPS) is 17.1. The van der Waals surface area contributed by atoms with Crippen LogP contribution >= 0.6 is 23.2 Å². The number of anilines is 2. The van der Waals surface area contributed by atoms with Crippen LogP contribution in [0, 0.1) is 18.7 Å². The zero-order valence-electron chi connectivity index (χ0n) is 29.4. The van der Waals surface area contributed by atoms with E-state index < -0.39 is 52.2 Å². The number of nitrogens with zero attached hydrogens (tertiary/aromatic N) is 4. The number of likely N-dealkylation sites (tertiary alicyclic amines) is 1. The van der Waals surface area contributed by atoms with Gasteiger partial charge in [-0.25, -0.2) is 9.37 Å². The van der Waals surface area contributed by atoms with Gasteiger partial charge >= 0.3 is 12.1 Å². The standard InChI is InChI=1S/C37H38Cl2F4N6O4/c1-19-22(23-8-6-10-26(30(23)39)46-35(50)34-45-27-18-47(2)13-12-28(27)48(34)3)7-5-9-25(19)44-33(37(41,42)43)29-24(38)15-21(32(53-4)31(29)40)17-49-14-11-20(16-49)36(51)52/h5-10,15,20,33,44H,11-14,16-18H2,1-4H3,(H,46,50)(H,51,52). The van der Waals surface area contributed by atoms with E-state index in [2.05, 4.69) is 20.5 Å². The number of likely N-dealkylation sites (N-methyl/N-ethyl adjacent to an activating group) is 1. The molecule has 3 N–H and O–H groups in total. The highest BCUT2D eigenvalue weighted by Gasteiger charge is 2.45. The van der Waals surface area contributed by atoms with E-state index in [0.717, 1.165) is 31.5 Å². The van der Waals surface area contributed by atoms with Crippen LogP contribution in [-0.2, 0) is 31.4 Å². The maximum atomic E-state index is 16.1. The van der Waals surface area contributed by atoms with Gasteiger partial charge in [0.15, 0.2) is 23.4 Å². The van der Waals surface area contributed by atoms with Crippen molar-refractivity contribution in [2.24, 2.45) is 13.0 Å². The molecule has 0 saturated carbocycles. The summed E-state index contributed by atoms with van der Waals surface area (Å²) in [5.41, 5.74) is 2.76. The molecule has 2 unspecified atom stereocenters. The Morgan fingerprint density at radius 3 is 2.45 bits per heavy atom. The molecule has 6 rings (SSSR count). The highest BCUT2D eigenvalue weighted by atomic mass is 35.5. The number of aromatic nitrogens is 2. The van der Waals surface area contributed by atoms with Crippen LogP contribution in [0.3, 0.4) is 0 Å². The number of aliphatic carboxylic acids is 1. The molecule has 1 fully saturated rings. The Hall–Kier alpha value is -4.37. The molecular formula is C37H38Cl2F4N6O4. The molecule has 3 heterocycles. The highest BCUT2D eigenvalue weighted by molar-refractivity contribution is 6.36. The number of alkyl halides is 3. The number of benzene rings is 3. The summed E-state index contributed by atoms with van der Waals surface area (Å²) < 4.78 is 67.6. The minimum Gasteiger partial charge on any atom is -0.493 e. The Balaban J connectivity index is 1.29. The second kappa shape index (κ2) is 15.2. The average molecular weight is 778 g/mol. The maximum Gasteiger partial charge on any atom is 0.412 e. The third-order valence-corrected chi connectivity index (χ3v) is 10.7. The number of amides is 1. The van der Waals surface area contributed by atoms with Crippen LogP contribution in [0.5, 0.6) is 5.75 Å². The summed E-state index contributed by atoms with van der Waals surface area (Å²) in [6.45, 7) is 3.72. The monoisotopic (exact) mass is 776 g/mol. The second-order valence-corrected chi connectivity index (χ2v) is 14.2. The predicted octanol–water partition coefficient (Wildman–Crippen LogP) is 7.71. The number of carbonyl (C=O) groups excluding carboxylic acids is 1. The summed E-state index contributed by atoms with van der Waals surface area (Å²) in [5.74, 6) is -3.48. The number of carbonyl (C=O) groups is 2. The SMILES string of the molecule is COc1c(CN2CCC(C(=O)O)C2)cc(Cl)c(C(Nc2cccc(-c3cccc(NC(=O)c4nc5c(n4C)CCN(C)C5)c3Cl)c2C)C(F)(F)F)c1F. The van der Waals surface area contributed by atoms with Crippen LogP contribution in [0.25, 0.3) is 11.1 Å². The van der Waals surface area contributed by atoms with Gasteiger partial charge < -0.3 is 29.9 Å². The number of fused-ring (bicyclic) bond motifs is 1. The number of carboxylic acid groups (broad SMARTS) is 1. The summed E-state index contributed by atoms with van der Waals surface area (Å²) >= 11 is 13.3. The first-order valence-electron chi connectivity index (χ1n) is 16.8. The molecule has 1 aromatic heterocycles. The number of hydrogen-bond acceptors (Lipinski definition) is 7. The first-order valence-corrected chi connectivity index (χ1v) is 17.6. The fourth-order valence-corrected chi connectivity index (χ4v) is 7.72. The van der Waals surface area contributed by atoms with Crippen LogP contribution in [-0.4, -0.2) is 76.3 Å². The van der Waals surface area contributed by atoms with Gasteiger partial charge in [0, 0.05) is 72.7 Å². The molecule has 16 heteroatoms. The number of ether oxygens (including phenoxy) is 1. The van der Waals surface area contributed by atoms with Gasteiger partial charge in [0.2, 0.25) is 0 Å². The van der Waals surface area contributed by atoms with Crippen molar-refractivity contribution in [1.82, 2.24) is 19.4 Å². The van der Waals surface area contributed by atoms with E-state index >= 15 is 4.39 Å². The summed E-state index contributed by atoms with van der Waals surface area (Å²) in [7, 11) is 4.92. The summed E-state index contributed by atoms with van der Waals surface area (Å²) in [4.78, 5) is 33.3. The van der Waals surface area contributed by atoms with Gasteiger partial charge in [-0.1, -0.05) is 47.5 Å². The summed E-state index contributed by atoms with van der Waals surface area (Å²) in [6.07, 6.45) is -3.87. The van der Waals surface area contributed by atoms with Crippen LogP contribution in [0.2, 0.25) is 10.0 Å². The smallest absolute Gasteiger partial charge is 0.412 e. The minimum atomic E-state index is -5.01. The zero-order valence-corrected chi connectivity index (χ0v) is 30.9. The van der Waals surface area contributed by atoms with E-state index in [1.165, 1.54) is 18.2 Å². The Labute approximate surface area is 313 Å². The zero-order chi connectivity index (χ0) is 38.4. The van der Waals surface area contributed by atoms with Gasteiger partial charge in [-0.15, -0.1) is 0 Å². The van der Waals surface area contributed by atoms with Crippen LogP contribution < -0.4 is 15.4 Å². The van der Waals surface area contributed by atoms with Gasteiger partial charge in [0.05, 0.1) is 29.4 Å². The van der Waals surface area contributed by atoms with Crippen LogP contribution in [0.15, 0.2) is 42.5 Å². The highest BCUT2D eigenvalue weighted by Crippen LogP contribution is 2.45. The van der Waals surface area contributed by atoms with E-state index in [9.17, 15) is 27.9 Å². The molecule has 3 aromatic carbocycles. The second-order valence-electron chi connectivity index (χ2n) is 13.4. The van der Waals surface area contributed by atoms with E-state index in [4.69, 9.17) is 27.9 Å². The van der Waals surface area contributed by atoms with Gasteiger partial charge in [0.25, 0.3) is 5.91 Å². The molecule has 0 bridgehead atoms. The number of imidazole rings is 1. The molecule has 53 heavy (non-hydrogen) atoms. The topological polar surface area (TPSA) is 112 Å². The largest absolute Gasteiger partial charge is 0.493 e. The number of halogens is 6. The number of rotatable bonds is 10. The molecule has 2 aliphatic rings. The Morgan fingerprint density at radius 2 is 1.79 bits per heavy atom. The van der Waals surface area contributed by atoms with E-state index in [-0.39, 0.29) is 40.9 Å². The van der Waals surface area contributed by atoms with E-state index in [1.807, 2.05) is 7.05 Å². The summed E-state index contributed by atoms with van der Waals surface area (Å²) in [6, 6.07) is 8.26. The van der Waals surface area contributed by atoms with E-state index in [0.29, 0.717) is 36.2 Å². The van der Waals surface area contributed by atoms with Crippen molar-refractivity contribution in [3.63, 3.8) is 0 Å². The van der Waals surface area contributed by atoms with E-state index in [1.54, 1.807) is 47.7 Å². The lowest BCUT2D eigenvalue weighted by molar-refractivity contribution is -0.144. The molecule has 0 radical (unpaired) electrons. The lowest BCUT2D eigenvalue weighted by atomic mass is 9.97. The van der Waals surface area contributed by atoms with Crippen molar-refractivity contribution < 1.29 is 37.0 Å². The van der Waals surface area contributed by atoms with Crippen molar-refractivity contribution in [3.05, 3.63) is 92.2 Å². The van der Waals surface area contributed by atoms with Crippen molar-refractivity contribution in [3.8, 4) is 16.9 Å². The van der Waals surface area contributed by atoms with Gasteiger partial charge in [-0.3, -0.25) is 14.5 Å². The molecular weight excluding hydrogens is 739 g/mol. The molecule has 10 nitrogen and oxygen atoms in total. The van der Waals surface area contributed by atoms with Crippen molar-refractivity contribution in [2.45, 2.75) is 45.1 Å². The maximum absolute atomic E-state index is 16.1. The van der Waals surface area contributed by atoms with Gasteiger partial charge in [-0.05, 0) is 56.3 Å². The van der Waals surface area contributed by atoms with Crippen molar-refractivity contribution >= 4 is 46.5 Å². The van der Waals surface area contributed by atoms with Crippen LogP contribution in [0.1, 0.15) is 51.2 Å². The first kappa shape index (κ1) is 38.4. The lowest BCUT2D eigenvalue weighted by Gasteiger charge is -2.27. The lowest BCUT2D eigenvalue weighted by Crippen LogP contribution is -2.30. The number of methoxy groups -OCH3 is 1. The number of hydrogen-bond donors (Lipinski definition) is 3. The minimum absolute atomic E-state index is 0.0363. The van der Waals surface area contributed by atoms with Crippen LogP contribution in [0.4, 0.5) is 28.9 Å². The molecule has 2 aliphatic heterocycles. The third kappa shape index (κ3) is 7.68. The average Bonchev–Trinajstić information content (AvgIpc) is 3.70. The van der Waals surface area contributed by atoms with Gasteiger partial charge in [-0.2, -0.15) is 13.2 Å². The van der Waals surface area contributed by atoms with Crippen molar-refractivity contribution in [2.75, 3.05) is 44.4 Å². The Kier molecular flexibility index (Phi) is 11.0. The third-order valence-electron chi connectivity index (χ3n) is 9.94. The predicted molar refractivity (Wildman–Crippen MR) is 194 cm³/mol. The molecule has 0 aliphatic carbocycles. The molecule has 4 aromatic rings. The molecule has 0 spiro atoms. The number of nitrogens with one attached hydrogen (secondary N) is 2. The van der Waals surface area contributed by atoms with Crippen molar-refractivity contribution in [1.29, 1.82) is 0 Å². The molecule has 282 valence electrons. The first-order chi connectivity index (χ1) is 25.1. The Morgan fingerprint density at radius 1 is 1.09 bits per heavy atom. The quantitative estimate of drug-likeness (QED) is 0.141. The Bertz CT molecular complexity index is 2070. The number of carboxylic acids is 1. The molecule has 2 atom stereocenters. The fraction of sp³-hybridized carbons (Fsp3) is 0.378.